The van der Waals surface area contributed by atoms with E-state index in [4.69, 9.17) is 21.1 Å². The second-order valence-electron chi connectivity index (χ2n) is 4.29. The van der Waals surface area contributed by atoms with Gasteiger partial charge in [-0.25, -0.2) is 9.59 Å². The molecule has 1 aromatic rings. The van der Waals surface area contributed by atoms with Gasteiger partial charge in [0.25, 0.3) is 0 Å². The van der Waals surface area contributed by atoms with E-state index in [0.29, 0.717) is 17.0 Å². The molecule has 1 aliphatic rings. The van der Waals surface area contributed by atoms with Crippen molar-refractivity contribution >= 4 is 23.6 Å². The van der Waals surface area contributed by atoms with Crippen molar-refractivity contribution in [1.82, 2.24) is 10.6 Å². The molecule has 6 nitrogen and oxygen atoms in total. The number of amides is 2. The van der Waals surface area contributed by atoms with E-state index >= 15 is 0 Å². The molecule has 1 atom stereocenters. The van der Waals surface area contributed by atoms with Crippen LogP contribution in [0.3, 0.4) is 0 Å². The number of para-hydroxylation sites is 1. The number of allylic oxidation sites excluding steroid dienone is 1. The maximum absolute atomic E-state index is 12.1. The number of halogens is 1. The molecule has 0 saturated heterocycles. The minimum absolute atomic E-state index is 0.0104. The Bertz CT molecular complexity index is 600. The lowest BCUT2D eigenvalue weighted by atomic mass is 9.95. The molecule has 0 bridgehead atoms. The maximum Gasteiger partial charge on any atom is 0.338 e. The molecule has 2 amide bonds. The zero-order valence-electron chi connectivity index (χ0n) is 11.6. The number of hydrogen-bond donors (Lipinski definition) is 2. The lowest BCUT2D eigenvalue weighted by molar-refractivity contribution is -0.136. The van der Waals surface area contributed by atoms with Gasteiger partial charge in [-0.1, -0.05) is 18.2 Å². The fourth-order valence-electron chi connectivity index (χ4n) is 2.21. The second kappa shape index (κ2) is 6.49. The highest BCUT2D eigenvalue weighted by Crippen LogP contribution is 2.33. The lowest BCUT2D eigenvalue weighted by Crippen LogP contribution is -2.46. The van der Waals surface area contributed by atoms with Crippen molar-refractivity contribution in [2.24, 2.45) is 0 Å². The lowest BCUT2D eigenvalue weighted by Gasteiger charge is -2.29. The summed E-state index contributed by atoms with van der Waals surface area (Å²) in [5, 5.41) is 5.21. The van der Waals surface area contributed by atoms with E-state index in [9.17, 15) is 9.59 Å². The summed E-state index contributed by atoms with van der Waals surface area (Å²) in [7, 11) is 2.79. The number of ether oxygens (including phenoxy) is 2. The number of esters is 1. The van der Waals surface area contributed by atoms with Gasteiger partial charge in [0.15, 0.2) is 0 Å². The number of nitrogens with one attached hydrogen (secondary N) is 2. The van der Waals surface area contributed by atoms with E-state index in [1.54, 1.807) is 24.3 Å². The maximum atomic E-state index is 12.1. The van der Waals surface area contributed by atoms with E-state index in [2.05, 4.69) is 10.6 Å². The number of rotatable bonds is 4. The number of urea groups is 1. The van der Waals surface area contributed by atoms with Crippen molar-refractivity contribution in [3.05, 3.63) is 41.1 Å². The van der Waals surface area contributed by atoms with E-state index in [1.807, 2.05) is 0 Å². The smallest absolute Gasteiger partial charge is 0.338 e. The molecule has 0 aromatic heterocycles. The molecule has 0 fully saturated rings. The van der Waals surface area contributed by atoms with Gasteiger partial charge in [0.1, 0.15) is 5.75 Å². The summed E-state index contributed by atoms with van der Waals surface area (Å²) >= 11 is 5.83. The summed E-state index contributed by atoms with van der Waals surface area (Å²) in [6.07, 6.45) is 0. The Balaban J connectivity index is 2.57. The molecule has 21 heavy (non-hydrogen) atoms. The first kappa shape index (κ1) is 15.2. The Morgan fingerprint density at radius 1 is 1.33 bits per heavy atom. The van der Waals surface area contributed by atoms with Gasteiger partial charge in [-0.2, -0.15) is 0 Å². The van der Waals surface area contributed by atoms with Crippen molar-refractivity contribution in [2.75, 3.05) is 20.1 Å². The standard InChI is InChI=1S/C14H15ClN2O4/c1-20-10-6-4-3-5-8(10)12-11(13(18)21-2)9(7-15)16-14(19)17-12/h3-6,12H,7H2,1-2H3,(H2,16,17,19)/t12-/m0/s1. The fraction of sp³-hybridized carbons (Fsp3) is 0.286. The minimum Gasteiger partial charge on any atom is -0.496 e. The molecule has 0 radical (unpaired) electrons. The van der Waals surface area contributed by atoms with Crippen LogP contribution in [-0.4, -0.2) is 32.1 Å². The van der Waals surface area contributed by atoms with Crippen LogP contribution >= 0.6 is 11.6 Å². The van der Waals surface area contributed by atoms with E-state index < -0.39 is 18.0 Å². The molecule has 2 N–H and O–H groups in total. The number of hydrogen-bond acceptors (Lipinski definition) is 4. The first-order valence-electron chi connectivity index (χ1n) is 6.20. The van der Waals surface area contributed by atoms with Crippen molar-refractivity contribution in [3.63, 3.8) is 0 Å². The van der Waals surface area contributed by atoms with Gasteiger partial charge in [0.2, 0.25) is 0 Å². The van der Waals surface area contributed by atoms with Crippen molar-refractivity contribution in [2.45, 2.75) is 6.04 Å². The van der Waals surface area contributed by atoms with Gasteiger partial charge in [-0.05, 0) is 6.07 Å². The first-order valence-corrected chi connectivity index (χ1v) is 6.73. The van der Waals surface area contributed by atoms with Crippen LogP contribution in [0.4, 0.5) is 4.79 Å². The molecule has 0 aliphatic carbocycles. The summed E-state index contributed by atoms with van der Waals surface area (Å²) in [4.78, 5) is 23.8. The highest BCUT2D eigenvalue weighted by molar-refractivity contribution is 6.20. The predicted molar refractivity (Wildman–Crippen MR) is 77.2 cm³/mol. The molecular formula is C14H15ClN2O4. The SMILES string of the molecule is COC(=O)C1=C(CCl)NC(=O)N[C@H]1c1ccccc1OC. The zero-order valence-corrected chi connectivity index (χ0v) is 12.4. The molecule has 1 heterocycles. The number of carbonyl (C=O) groups excluding carboxylic acids is 2. The third-order valence-corrected chi connectivity index (χ3v) is 3.41. The highest BCUT2D eigenvalue weighted by Gasteiger charge is 2.34. The van der Waals surface area contributed by atoms with Crippen LogP contribution in [0.5, 0.6) is 5.75 Å². The van der Waals surface area contributed by atoms with Gasteiger partial charge in [-0.3, -0.25) is 0 Å². The van der Waals surface area contributed by atoms with Crippen LogP contribution in [0.2, 0.25) is 0 Å². The average molecular weight is 311 g/mol. The zero-order chi connectivity index (χ0) is 15.4. The summed E-state index contributed by atoms with van der Waals surface area (Å²) in [6, 6.07) is 5.99. The molecule has 1 aromatic carbocycles. The van der Waals surface area contributed by atoms with Gasteiger partial charge in [-0.15, -0.1) is 11.6 Å². The van der Waals surface area contributed by atoms with Crippen LogP contribution in [0, 0.1) is 0 Å². The molecule has 0 spiro atoms. The van der Waals surface area contributed by atoms with Crippen LogP contribution in [0.1, 0.15) is 11.6 Å². The number of alkyl halides is 1. The molecule has 2 rings (SSSR count). The van der Waals surface area contributed by atoms with Gasteiger partial charge in [0, 0.05) is 11.3 Å². The molecular weight excluding hydrogens is 296 g/mol. The quantitative estimate of drug-likeness (QED) is 0.656. The Labute approximate surface area is 127 Å². The van der Waals surface area contributed by atoms with E-state index in [0.717, 1.165) is 0 Å². The van der Waals surface area contributed by atoms with Crippen molar-refractivity contribution < 1.29 is 19.1 Å². The van der Waals surface area contributed by atoms with Gasteiger partial charge < -0.3 is 20.1 Å². The fourth-order valence-corrected chi connectivity index (χ4v) is 2.42. The largest absolute Gasteiger partial charge is 0.496 e. The van der Waals surface area contributed by atoms with Gasteiger partial charge in [0.05, 0.1) is 31.7 Å². The topological polar surface area (TPSA) is 76.7 Å². The van der Waals surface area contributed by atoms with E-state index in [-0.39, 0.29) is 11.5 Å². The summed E-state index contributed by atoms with van der Waals surface area (Å²) < 4.78 is 10.1. The Kier molecular flexibility index (Phi) is 4.70. The third-order valence-electron chi connectivity index (χ3n) is 3.14. The predicted octanol–water partition coefficient (Wildman–Crippen LogP) is 1.71. The van der Waals surface area contributed by atoms with Crippen LogP contribution in [0.25, 0.3) is 0 Å². The molecule has 0 unspecified atom stereocenters. The normalized spacial score (nSPS) is 17.9. The Morgan fingerprint density at radius 2 is 2.05 bits per heavy atom. The van der Waals surface area contributed by atoms with Crippen LogP contribution in [0.15, 0.2) is 35.5 Å². The van der Waals surface area contributed by atoms with Gasteiger partial charge >= 0.3 is 12.0 Å². The molecule has 1 aliphatic heterocycles. The minimum atomic E-state index is -0.684. The second-order valence-corrected chi connectivity index (χ2v) is 4.56. The molecule has 0 saturated carbocycles. The summed E-state index contributed by atoms with van der Waals surface area (Å²) in [5.74, 6) is -0.0159. The van der Waals surface area contributed by atoms with Crippen molar-refractivity contribution in [1.29, 1.82) is 0 Å². The third kappa shape index (κ3) is 2.95. The van der Waals surface area contributed by atoms with Crippen LogP contribution < -0.4 is 15.4 Å². The Morgan fingerprint density at radius 3 is 2.67 bits per heavy atom. The monoisotopic (exact) mass is 310 g/mol. The average Bonchev–Trinajstić information content (AvgIpc) is 2.53. The number of benzene rings is 1. The highest BCUT2D eigenvalue weighted by atomic mass is 35.5. The summed E-state index contributed by atoms with van der Waals surface area (Å²) in [6.45, 7) is 0. The van der Waals surface area contributed by atoms with Crippen molar-refractivity contribution in [3.8, 4) is 5.75 Å². The van der Waals surface area contributed by atoms with E-state index in [1.165, 1.54) is 14.2 Å². The summed E-state index contributed by atoms with van der Waals surface area (Å²) in [5.41, 5.74) is 1.23. The molecule has 7 heteroatoms. The number of methoxy groups -OCH3 is 2. The molecule has 112 valence electrons. The number of carbonyl (C=O) groups is 2. The van der Waals surface area contributed by atoms with Crippen LogP contribution in [-0.2, 0) is 9.53 Å². The Hall–Kier alpha value is -2.21. The first-order chi connectivity index (χ1) is 10.1.